The van der Waals surface area contributed by atoms with Gasteiger partial charge in [-0.3, -0.25) is 0 Å². The van der Waals surface area contributed by atoms with Gasteiger partial charge in [0.25, 0.3) is 0 Å². The van der Waals surface area contributed by atoms with Crippen LogP contribution in [0.2, 0.25) is 0 Å². The summed E-state index contributed by atoms with van der Waals surface area (Å²) in [6.45, 7) is 6.93. The number of halogens is 2. The molecule has 0 amide bonds. The van der Waals surface area contributed by atoms with Crippen molar-refractivity contribution in [2.75, 3.05) is 6.54 Å². The van der Waals surface area contributed by atoms with E-state index in [0.29, 0.717) is 6.42 Å². The van der Waals surface area contributed by atoms with Gasteiger partial charge >= 0.3 is 0 Å². The first-order chi connectivity index (χ1) is 9.51. The first-order valence-electron chi connectivity index (χ1n) is 6.62. The highest BCUT2D eigenvalue weighted by Gasteiger charge is 2.18. The zero-order valence-electron chi connectivity index (χ0n) is 11.8. The van der Waals surface area contributed by atoms with Crippen LogP contribution >= 0.6 is 27.3 Å². The van der Waals surface area contributed by atoms with Crippen LogP contribution in [0.5, 0.6) is 0 Å². The van der Waals surface area contributed by atoms with Gasteiger partial charge in [0.1, 0.15) is 5.82 Å². The Bertz CT molecular complexity index is 598. The van der Waals surface area contributed by atoms with E-state index in [2.05, 4.69) is 33.2 Å². The van der Waals surface area contributed by atoms with Crippen molar-refractivity contribution in [2.24, 2.45) is 0 Å². The summed E-state index contributed by atoms with van der Waals surface area (Å²) >= 11 is 4.97. The van der Waals surface area contributed by atoms with Crippen LogP contribution in [0, 0.1) is 19.7 Å². The number of benzene rings is 1. The highest BCUT2D eigenvalue weighted by molar-refractivity contribution is 9.10. The summed E-state index contributed by atoms with van der Waals surface area (Å²) in [7, 11) is 0. The third-order valence-electron chi connectivity index (χ3n) is 3.15. The van der Waals surface area contributed by atoms with E-state index in [4.69, 9.17) is 0 Å². The molecule has 5 heteroatoms. The lowest BCUT2D eigenvalue weighted by atomic mass is 10.0. The molecule has 0 aliphatic heterocycles. The van der Waals surface area contributed by atoms with Crippen LogP contribution in [0.15, 0.2) is 22.7 Å². The monoisotopic (exact) mass is 356 g/mol. The lowest BCUT2D eigenvalue weighted by Gasteiger charge is -2.17. The second-order valence-electron chi connectivity index (χ2n) is 4.73. The summed E-state index contributed by atoms with van der Waals surface area (Å²) in [5.41, 5.74) is 1.76. The van der Waals surface area contributed by atoms with Crippen LogP contribution in [0.4, 0.5) is 4.39 Å². The third kappa shape index (κ3) is 3.65. The van der Waals surface area contributed by atoms with Gasteiger partial charge in [-0.25, -0.2) is 9.37 Å². The highest BCUT2D eigenvalue weighted by Crippen LogP contribution is 2.28. The normalized spacial score (nSPS) is 12.7. The molecule has 0 radical (unpaired) electrons. The van der Waals surface area contributed by atoms with E-state index in [9.17, 15) is 4.39 Å². The van der Waals surface area contributed by atoms with E-state index in [1.807, 2.05) is 26.0 Å². The molecule has 0 fully saturated rings. The Morgan fingerprint density at radius 2 is 2.15 bits per heavy atom. The molecular weight excluding hydrogens is 339 g/mol. The van der Waals surface area contributed by atoms with Crippen molar-refractivity contribution in [2.45, 2.75) is 33.2 Å². The molecule has 2 rings (SSSR count). The fraction of sp³-hybridized carbons (Fsp3) is 0.400. The van der Waals surface area contributed by atoms with Gasteiger partial charge in [0.05, 0.1) is 10.7 Å². The Balaban J connectivity index is 2.27. The van der Waals surface area contributed by atoms with E-state index in [1.54, 1.807) is 11.3 Å². The Morgan fingerprint density at radius 3 is 2.70 bits per heavy atom. The van der Waals surface area contributed by atoms with Crippen molar-refractivity contribution in [3.63, 3.8) is 0 Å². The van der Waals surface area contributed by atoms with E-state index in [1.165, 1.54) is 10.9 Å². The zero-order chi connectivity index (χ0) is 14.7. The van der Waals surface area contributed by atoms with Crippen LogP contribution in [-0.2, 0) is 6.42 Å². The molecule has 1 aromatic heterocycles. The summed E-state index contributed by atoms with van der Waals surface area (Å²) < 4.78 is 14.8. The molecule has 108 valence electrons. The molecule has 0 aliphatic carbocycles. The fourth-order valence-corrected chi connectivity index (χ4v) is 3.62. The molecule has 0 aliphatic rings. The largest absolute Gasteiger partial charge is 0.309 e. The molecule has 0 bridgehead atoms. The smallest absolute Gasteiger partial charge is 0.127 e. The number of likely N-dealkylation sites (N-methyl/N-ethyl adjacent to an activating group) is 1. The van der Waals surface area contributed by atoms with Gasteiger partial charge in [0.2, 0.25) is 0 Å². The topological polar surface area (TPSA) is 24.9 Å². The Hall–Kier alpha value is -0.780. The van der Waals surface area contributed by atoms with Crippen molar-refractivity contribution < 1.29 is 4.39 Å². The van der Waals surface area contributed by atoms with Crippen LogP contribution in [-0.4, -0.2) is 11.5 Å². The molecular formula is C15H18BrFN2S. The number of aromatic nitrogens is 1. The minimum atomic E-state index is -0.166. The summed E-state index contributed by atoms with van der Waals surface area (Å²) in [5, 5.41) is 4.49. The predicted molar refractivity (Wildman–Crippen MR) is 85.8 cm³/mol. The predicted octanol–water partition coefficient (Wildman–Crippen LogP) is 4.55. The van der Waals surface area contributed by atoms with Gasteiger partial charge in [-0.2, -0.15) is 0 Å². The lowest BCUT2D eigenvalue weighted by molar-refractivity contribution is 0.531. The number of rotatable bonds is 5. The van der Waals surface area contributed by atoms with Gasteiger partial charge in [-0.15, -0.1) is 11.3 Å². The molecule has 2 nitrogen and oxygen atoms in total. The van der Waals surface area contributed by atoms with Crippen LogP contribution in [0.3, 0.4) is 0 Å². The second-order valence-corrected chi connectivity index (χ2v) is 6.88. The van der Waals surface area contributed by atoms with Gasteiger partial charge in [0.15, 0.2) is 0 Å². The number of aryl methyl sites for hydroxylation is 2. The van der Waals surface area contributed by atoms with Gasteiger partial charge in [0, 0.05) is 15.4 Å². The van der Waals surface area contributed by atoms with Crippen LogP contribution in [0.25, 0.3) is 0 Å². The molecule has 0 saturated carbocycles. The van der Waals surface area contributed by atoms with Gasteiger partial charge in [-0.05, 0) is 44.5 Å². The molecule has 1 aromatic carbocycles. The van der Waals surface area contributed by atoms with Crippen molar-refractivity contribution >= 4 is 27.3 Å². The molecule has 0 saturated heterocycles. The Morgan fingerprint density at radius 1 is 1.40 bits per heavy atom. The maximum Gasteiger partial charge on any atom is 0.127 e. The van der Waals surface area contributed by atoms with E-state index in [0.717, 1.165) is 27.3 Å². The van der Waals surface area contributed by atoms with Crippen molar-refractivity contribution in [3.05, 3.63) is 49.6 Å². The maximum atomic E-state index is 14.0. The van der Waals surface area contributed by atoms with Crippen LogP contribution < -0.4 is 5.32 Å². The Labute approximate surface area is 131 Å². The standard InChI is InChI=1S/C15H18BrFN2S/c1-4-18-14(15-9(2)19-10(3)20-15)7-11-5-6-12(16)8-13(11)17/h5-6,8,14,18H,4,7H2,1-3H3. The molecule has 1 heterocycles. The minimum Gasteiger partial charge on any atom is -0.309 e. The lowest BCUT2D eigenvalue weighted by Crippen LogP contribution is -2.23. The van der Waals surface area contributed by atoms with Gasteiger partial charge in [-0.1, -0.05) is 28.9 Å². The SMILES string of the molecule is CCNC(Cc1ccc(Br)cc1F)c1sc(C)nc1C. The zero-order valence-corrected chi connectivity index (χ0v) is 14.2. The fourth-order valence-electron chi connectivity index (χ4n) is 2.28. The number of hydrogen-bond donors (Lipinski definition) is 1. The van der Waals surface area contributed by atoms with Crippen molar-refractivity contribution in [3.8, 4) is 0 Å². The number of hydrogen-bond acceptors (Lipinski definition) is 3. The summed E-state index contributed by atoms with van der Waals surface area (Å²) in [6, 6.07) is 5.35. The van der Waals surface area contributed by atoms with Crippen molar-refractivity contribution in [1.82, 2.24) is 10.3 Å². The average Bonchev–Trinajstić information content (AvgIpc) is 2.71. The molecule has 1 atom stereocenters. The number of nitrogens with zero attached hydrogens (tertiary/aromatic N) is 1. The quantitative estimate of drug-likeness (QED) is 0.849. The maximum absolute atomic E-state index is 14.0. The first-order valence-corrected chi connectivity index (χ1v) is 8.23. The summed E-state index contributed by atoms with van der Waals surface area (Å²) in [6.07, 6.45) is 0.634. The second kappa shape index (κ2) is 6.78. The Kier molecular flexibility index (Phi) is 5.29. The minimum absolute atomic E-state index is 0.113. The number of thiazole rings is 1. The molecule has 2 aromatic rings. The molecule has 1 N–H and O–H groups in total. The van der Waals surface area contributed by atoms with E-state index >= 15 is 0 Å². The first kappa shape index (κ1) is 15.6. The number of nitrogens with one attached hydrogen (secondary N) is 1. The van der Waals surface area contributed by atoms with E-state index < -0.39 is 0 Å². The average molecular weight is 357 g/mol. The van der Waals surface area contributed by atoms with Gasteiger partial charge < -0.3 is 5.32 Å². The highest BCUT2D eigenvalue weighted by atomic mass is 79.9. The summed E-state index contributed by atoms with van der Waals surface area (Å²) in [4.78, 5) is 5.67. The summed E-state index contributed by atoms with van der Waals surface area (Å²) in [5.74, 6) is -0.166. The molecule has 20 heavy (non-hydrogen) atoms. The molecule has 0 spiro atoms. The molecule has 1 unspecified atom stereocenters. The van der Waals surface area contributed by atoms with E-state index in [-0.39, 0.29) is 11.9 Å². The van der Waals surface area contributed by atoms with Crippen molar-refractivity contribution in [1.29, 1.82) is 0 Å². The van der Waals surface area contributed by atoms with Crippen LogP contribution in [0.1, 0.15) is 34.1 Å². The third-order valence-corrected chi connectivity index (χ3v) is 4.83.